The van der Waals surface area contributed by atoms with E-state index in [4.69, 9.17) is 4.74 Å². The number of benzene rings is 1. The number of aryl methyl sites for hydroxylation is 2. The zero-order chi connectivity index (χ0) is 17.5. The van der Waals surface area contributed by atoms with Crippen molar-refractivity contribution in [1.82, 2.24) is 9.80 Å². The molecule has 1 N–H and O–H groups in total. The second kappa shape index (κ2) is 9.04. The maximum atomic E-state index is 12.8. The number of nitrogens with one attached hydrogen (secondary N) is 1. The lowest BCUT2D eigenvalue weighted by Crippen LogP contribution is -2.48. The van der Waals surface area contributed by atoms with Crippen molar-refractivity contribution in [3.05, 3.63) is 29.3 Å². The molecule has 0 radical (unpaired) electrons. The molecule has 1 aliphatic rings. The predicted molar refractivity (Wildman–Crippen MR) is 98.7 cm³/mol. The Bertz CT molecular complexity index is 539. The van der Waals surface area contributed by atoms with Crippen LogP contribution < -0.4 is 5.32 Å². The largest absolute Gasteiger partial charge is 0.385 e. The molecule has 5 heteroatoms. The third-order valence-corrected chi connectivity index (χ3v) is 4.90. The zero-order valence-corrected chi connectivity index (χ0v) is 15.5. The standard InChI is InChI=1S/C19H31N3O2/c1-15-6-7-17(14-16(15)2)20-19(23)22(10-5-13-24-4)18-8-11-21(3)12-9-18/h6-7,14,18H,5,8-13H2,1-4H3,(H,20,23). The summed E-state index contributed by atoms with van der Waals surface area (Å²) < 4.78 is 5.16. The van der Waals surface area contributed by atoms with Crippen LogP contribution in [0.3, 0.4) is 0 Å². The van der Waals surface area contributed by atoms with Crippen LogP contribution in [0.15, 0.2) is 18.2 Å². The van der Waals surface area contributed by atoms with E-state index in [1.54, 1.807) is 7.11 Å². The summed E-state index contributed by atoms with van der Waals surface area (Å²) in [6.07, 6.45) is 2.93. The number of urea groups is 1. The van der Waals surface area contributed by atoms with Crippen molar-refractivity contribution >= 4 is 11.7 Å². The Kier molecular flexibility index (Phi) is 7.06. The first-order chi connectivity index (χ1) is 11.5. The van der Waals surface area contributed by atoms with Gasteiger partial charge in [0.25, 0.3) is 0 Å². The van der Waals surface area contributed by atoms with Crippen LogP contribution in [0.1, 0.15) is 30.4 Å². The van der Waals surface area contributed by atoms with Crippen molar-refractivity contribution in [1.29, 1.82) is 0 Å². The van der Waals surface area contributed by atoms with Gasteiger partial charge in [-0.2, -0.15) is 0 Å². The van der Waals surface area contributed by atoms with Crippen molar-refractivity contribution < 1.29 is 9.53 Å². The number of nitrogens with zero attached hydrogens (tertiary/aromatic N) is 2. The summed E-state index contributed by atoms with van der Waals surface area (Å²) in [5.41, 5.74) is 3.30. The van der Waals surface area contributed by atoms with Crippen molar-refractivity contribution in [3.8, 4) is 0 Å². The number of anilines is 1. The van der Waals surface area contributed by atoms with E-state index < -0.39 is 0 Å². The van der Waals surface area contributed by atoms with Crippen LogP contribution >= 0.6 is 0 Å². The number of likely N-dealkylation sites (tertiary alicyclic amines) is 1. The van der Waals surface area contributed by atoms with E-state index in [2.05, 4.69) is 37.2 Å². The van der Waals surface area contributed by atoms with Crippen molar-refractivity contribution in [2.75, 3.05) is 45.7 Å². The van der Waals surface area contributed by atoms with Crippen LogP contribution in [-0.4, -0.2) is 62.3 Å². The van der Waals surface area contributed by atoms with E-state index in [9.17, 15) is 4.79 Å². The van der Waals surface area contributed by atoms with Crippen molar-refractivity contribution in [3.63, 3.8) is 0 Å². The highest BCUT2D eigenvalue weighted by Crippen LogP contribution is 2.19. The van der Waals surface area contributed by atoms with Crippen LogP contribution in [-0.2, 0) is 4.74 Å². The van der Waals surface area contributed by atoms with Gasteiger partial charge in [-0.15, -0.1) is 0 Å². The minimum atomic E-state index is 0.00362. The van der Waals surface area contributed by atoms with Gasteiger partial charge in [0.1, 0.15) is 0 Å². The number of hydrogen-bond donors (Lipinski definition) is 1. The van der Waals surface area contributed by atoms with Crippen LogP contribution in [0.4, 0.5) is 10.5 Å². The summed E-state index contributed by atoms with van der Waals surface area (Å²) in [6.45, 7) is 7.65. The topological polar surface area (TPSA) is 44.8 Å². The molecule has 1 aromatic rings. The number of amides is 2. The fraction of sp³-hybridized carbons (Fsp3) is 0.632. The minimum absolute atomic E-state index is 0.00362. The summed E-state index contributed by atoms with van der Waals surface area (Å²) >= 11 is 0. The highest BCUT2D eigenvalue weighted by atomic mass is 16.5. The second-order valence-corrected chi connectivity index (χ2v) is 6.80. The second-order valence-electron chi connectivity index (χ2n) is 6.80. The highest BCUT2D eigenvalue weighted by molar-refractivity contribution is 5.89. The number of carbonyl (C=O) groups is 1. The summed E-state index contributed by atoms with van der Waals surface area (Å²) in [5, 5.41) is 3.08. The average molecular weight is 333 g/mol. The van der Waals surface area contributed by atoms with Crippen LogP contribution in [0.5, 0.6) is 0 Å². The maximum Gasteiger partial charge on any atom is 0.322 e. The molecule has 0 bridgehead atoms. The molecule has 0 aromatic heterocycles. The molecular formula is C19H31N3O2. The number of piperidine rings is 1. The molecule has 0 unspecified atom stereocenters. The Hall–Kier alpha value is -1.59. The molecule has 1 aromatic carbocycles. The average Bonchev–Trinajstić information content (AvgIpc) is 2.56. The summed E-state index contributed by atoms with van der Waals surface area (Å²) in [5.74, 6) is 0. The lowest BCUT2D eigenvalue weighted by atomic mass is 10.0. The molecular weight excluding hydrogens is 302 g/mol. The normalized spacial score (nSPS) is 16.2. The van der Waals surface area contributed by atoms with E-state index in [-0.39, 0.29) is 6.03 Å². The summed E-state index contributed by atoms with van der Waals surface area (Å²) in [4.78, 5) is 17.2. The molecule has 1 aliphatic heterocycles. The molecule has 0 saturated carbocycles. The number of methoxy groups -OCH3 is 1. The Morgan fingerprint density at radius 3 is 2.62 bits per heavy atom. The third-order valence-electron chi connectivity index (χ3n) is 4.90. The van der Waals surface area contributed by atoms with E-state index in [1.807, 2.05) is 17.0 Å². The Morgan fingerprint density at radius 2 is 2.00 bits per heavy atom. The van der Waals surface area contributed by atoms with Gasteiger partial charge in [-0.05, 0) is 76.5 Å². The number of hydrogen-bond acceptors (Lipinski definition) is 3. The molecule has 1 heterocycles. The third kappa shape index (κ3) is 5.21. The Balaban J connectivity index is 2.03. The molecule has 1 fully saturated rings. The van der Waals surface area contributed by atoms with Crippen LogP contribution in [0.25, 0.3) is 0 Å². The van der Waals surface area contributed by atoms with Gasteiger partial charge in [0.15, 0.2) is 0 Å². The van der Waals surface area contributed by atoms with Gasteiger partial charge in [-0.1, -0.05) is 6.07 Å². The first-order valence-corrected chi connectivity index (χ1v) is 8.83. The Labute approximate surface area is 146 Å². The minimum Gasteiger partial charge on any atom is -0.385 e. The lowest BCUT2D eigenvalue weighted by Gasteiger charge is -2.37. The van der Waals surface area contributed by atoms with E-state index >= 15 is 0 Å². The molecule has 2 rings (SSSR count). The van der Waals surface area contributed by atoms with Gasteiger partial charge in [-0.25, -0.2) is 4.79 Å². The molecule has 1 saturated heterocycles. The van der Waals surface area contributed by atoms with E-state index in [1.165, 1.54) is 11.1 Å². The van der Waals surface area contributed by atoms with Gasteiger partial charge in [-0.3, -0.25) is 0 Å². The maximum absolute atomic E-state index is 12.8. The van der Waals surface area contributed by atoms with Gasteiger partial charge in [0, 0.05) is 32.0 Å². The predicted octanol–water partition coefficient (Wildman–Crippen LogP) is 3.27. The first kappa shape index (κ1) is 18.7. The first-order valence-electron chi connectivity index (χ1n) is 8.83. The number of ether oxygens (including phenoxy) is 1. The molecule has 2 amide bonds. The van der Waals surface area contributed by atoms with Crippen LogP contribution in [0, 0.1) is 13.8 Å². The molecule has 24 heavy (non-hydrogen) atoms. The quantitative estimate of drug-likeness (QED) is 0.813. The SMILES string of the molecule is COCCCN(C(=O)Nc1ccc(C)c(C)c1)C1CCN(C)CC1. The zero-order valence-electron chi connectivity index (χ0n) is 15.5. The fourth-order valence-electron chi connectivity index (χ4n) is 3.15. The van der Waals surface area contributed by atoms with Gasteiger partial charge < -0.3 is 19.9 Å². The number of carbonyl (C=O) groups excluding carboxylic acids is 1. The molecule has 0 atom stereocenters. The summed E-state index contributed by atoms with van der Waals surface area (Å²) in [6, 6.07) is 6.38. The summed E-state index contributed by atoms with van der Waals surface area (Å²) in [7, 11) is 3.84. The lowest BCUT2D eigenvalue weighted by molar-refractivity contribution is 0.126. The smallest absolute Gasteiger partial charge is 0.322 e. The van der Waals surface area contributed by atoms with Gasteiger partial charge >= 0.3 is 6.03 Å². The van der Waals surface area contributed by atoms with Crippen LogP contribution in [0.2, 0.25) is 0 Å². The Morgan fingerprint density at radius 1 is 1.29 bits per heavy atom. The van der Waals surface area contributed by atoms with E-state index in [0.717, 1.165) is 44.6 Å². The van der Waals surface area contributed by atoms with E-state index in [0.29, 0.717) is 12.6 Å². The molecule has 0 aliphatic carbocycles. The molecule has 134 valence electrons. The molecule has 5 nitrogen and oxygen atoms in total. The van der Waals surface area contributed by atoms with Gasteiger partial charge in [0.2, 0.25) is 0 Å². The highest BCUT2D eigenvalue weighted by Gasteiger charge is 2.26. The van der Waals surface area contributed by atoms with Gasteiger partial charge in [0.05, 0.1) is 0 Å². The number of rotatable bonds is 6. The monoisotopic (exact) mass is 333 g/mol. The van der Waals surface area contributed by atoms with Crippen molar-refractivity contribution in [2.24, 2.45) is 0 Å². The molecule has 0 spiro atoms. The van der Waals surface area contributed by atoms with Crippen molar-refractivity contribution in [2.45, 2.75) is 39.2 Å². The fourth-order valence-corrected chi connectivity index (χ4v) is 3.15.